The number of hydrogen-bond acceptors (Lipinski definition) is 7. The third-order valence-electron chi connectivity index (χ3n) is 7.86. The molecule has 0 aliphatic carbocycles. The van der Waals surface area contributed by atoms with Crippen LogP contribution in [0.25, 0.3) is 11.1 Å². The number of amidine groups is 1. The van der Waals surface area contributed by atoms with E-state index in [4.69, 9.17) is 25.9 Å². The van der Waals surface area contributed by atoms with Gasteiger partial charge < -0.3 is 24.3 Å². The van der Waals surface area contributed by atoms with Crippen molar-refractivity contribution in [1.82, 2.24) is 9.80 Å². The summed E-state index contributed by atoms with van der Waals surface area (Å²) in [6.07, 6.45) is 2.00. The SMILES string of the molecule is CCOc1cc(CN2CC3(CC(N4CCC(C)(C(=O)O)CC4)=NO3)C2)cc(OCC)c1-c1ccc(Cl)cc1. The lowest BCUT2D eigenvalue weighted by Crippen LogP contribution is -2.61. The molecule has 0 atom stereocenters. The molecule has 1 N–H and O–H groups in total. The fraction of sp³-hybridized carbons (Fsp3) is 0.517. The van der Waals surface area contributed by atoms with Gasteiger partial charge in [0.2, 0.25) is 0 Å². The van der Waals surface area contributed by atoms with Crippen molar-refractivity contribution in [3.8, 4) is 22.6 Å². The van der Waals surface area contributed by atoms with Crippen LogP contribution in [-0.2, 0) is 16.2 Å². The molecule has 3 heterocycles. The molecule has 2 saturated heterocycles. The average molecular weight is 542 g/mol. The molecule has 0 saturated carbocycles. The smallest absolute Gasteiger partial charge is 0.309 e. The zero-order valence-corrected chi connectivity index (χ0v) is 23.1. The van der Waals surface area contributed by atoms with Crippen LogP contribution in [0, 0.1) is 5.41 Å². The van der Waals surface area contributed by atoms with E-state index in [0.29, 0.717) is 44.2 Å². The van der Waals surface area contributed by atoms with Crippen molar-refractivity contribution in [2.24, 2.45) is 10.6 Å². The first-order chi connectivity index (χ1) is 18.2. The van der Waals surface area contributed by atoms with Crippen LogP contribution in [0.5, 0.6) is 11.5 Å². The first-order valence-electron chi connectivity index (χ1n) is 13.4. The summed E-state index contributed by atoms with van der Waals surface area (Å²) in [5.41, 5.74) is 2.11. The van der Waals surface area contributed by atoms with Gasteiger partial charge in [0.15, 0.2) is 5.60 Å². The van der Waals surface area contributed by atoms with E-state index < -0.39 is 11.4 Å². The summed E-state index contributed by atoms with van der Waals surface area (Å²) in [5, 5.41) is 14.6. The number of rotatable bonds is 8. The van der Waals surface area contributed by atoms with Gasteiger partial charge in [0.05, 0.1) is 30.6 Å². The zero-order valence-electron chi connectivity index (χ0n) is 22.3. The second-order valence-electron chi connectivity index (χ2n) is 10.8. The van der Waals surface area contributed by atoms with Crippen molar-refractivity contribution in [1.29, 1.82) is 0 Å². The summed E-state index contributed by atoms with van der Waals surface area (Å²) >= 11 is 6.12. The lowest BCUT2D eigenvalue weighted by molar-refractivity contribution is -0.150. The number of nitrogens with zero attached hydrogens (tertiary/aromatic N) is 3. The summed E-state index contributed by atoms with van der Waals surface area (Å²) < 4.78 is 12.1. The van der Waals surface area contributed by atoms with Gasteiger partial charge in [-0.15, -0.1) is 0 Å². The molecule has 2 aromatic rings. The number of carboxylic acids is 1. The monoisotopic (exact) mass is 541 g/mol. The number of hydrogen-bond donors (Lipinski definition) is 1. The van der Waals surface area contributed by atoms with Crippen molar-refractivity contribution in [3.63, 3.8) is 0 Å². The number of carbonyl (C=O) groups is 1. The highest BCUT2D eigenvalue weighted by molar-refractivity contribution is 6.30. The van der Waals surface area contributed by atoms with Gasteiger partial charge in [-0.1, -0.05) is 28.9 Å². The normalized spacial score (nSPS) is 20.0. The van der Waals surface area contributed by atoms with Crippen LogP contribution >= 0.6 is 11.6 Å². The maximum absolute atomic E-state index is 11.6. The first-order valence-corrected chi connectivity index (χ1v) is 13.8. The number of ether oxygens (including phenoxy) is 2. The predicted molar refractivity (Wildman–Crippen MR) is 147 cm³/mol. The van der Waals surface area contributed by atoms with Gasteiger partial charge in [-0.3, -0.25) is 9.69 Å². The Kier molecular flexibility index (Phi) is 7.47. The molecule has 0 radical (unpaired) electrons. The lowest BCUT2D eigenvalue weighted by atomic mass is 9.80. The number of halogens is 1. The van der Waals surface area contributed by atoms with Crippen LogP contribution in [0.4, 0.5) is 0 Å². The van der Waals surface area contributed by atoms with Crippen LogP contribution in [0.2, 0.25) is 5.02 Å². The van der Waals surface area contributed by atoms with Gasteiger partial charge in [-0.05, 0) is 69.0 Å². The third kappa shape index (κ3) is 5.29. The Morgan fingerprint density at radius 3 is 2.24 bits per heavy atom. The highest BCUT2D eigenvalue weighted by Crippen LogP contribution is 2.42. The predicted octanol–water partition coefficient (Wildman–Crippen LogP) is 5.28. The zero-order chi connectivity index (χ0) is 26.9. The molecule has 0 aromatic heterocycles. The Labute approximate surface area is 229 Å². The Hall–Kier alpha value is -2.97. The van der Waals surface area contributed by atoms with Crippen molar-refractivity contribution >= 4 is 23.4 Å². The Morgan fingerprint density at radius 1 is 1.08 bits per heavy atom. The van der Waals surface area contributed by atoms with E-state index in [1.807, 2.05) is 45.0 Å². The number of carboxylic acid groups (broad SMARTS) is 1. The van der Waals surface area contributed by atoms with E-state index in [1.165, 1.54) is 0 Å². The molecule has 0 unspecified atom stereocenters. The second-order valence-corrected chi connectivity index (χ2v) is 11.2. The maximum atomic E-state index is 11.6. The molecule has 38 heavy (non-hydrogen) atoms. The molecule has 5 rings (SSSR count). The number of piperidine rings is 1. The second kappa shape index (κ2) is 10.7. The molecule has 8 nitrogen and oxygen atoms in total. The molecule has 204 valence electrons. The Balaban J connectivity index is 1.24. The van der Waals surface area contributed by atoms with Crippen LogP contribution in [0.3, 0.4) is 0 Å². The molecule has 1 spiro atoms. The Morgan fingerprint density at radius 2 is 1.68 bits per heavy atom. The lowest BCUT2D eigenvalue weighted by Gasteiger charge is -2.45. The standard InChI is InChI=1S/C29H36ClN3O5/c1-4-36-23-14-20(15-24(37-5-2)26(23)21-6-8-22(30)9-7-21)17-32-18-29(19-32)16-25(31-38-29)33-12-10-28(3,11-13-33)27(34)35/h6-9,14-15H,4-5,10-13,16-19H2,1-3H3,(H,34,35). The number of aliphatic carboxylic acids is 1. The van der Waals surface area contributed by atoms with Crippen LogP contribution in [-0.4, -0.2) is 71.7 Å². The van der Waals surface area contributed by atoms with E-state index in [9.17, 15) is 9.90 Å². The Bertz CT molecular complexity index is 1170. The molecule has 0 bridgehead atoms. The topological polar surface area (TPSA) is 83.8 Å². The number of benzene rings is 2. The average Bonchev–Trinajstić information content (AvgIpc) is 3.31. The molecule has 9 heteroatoms. The van der Waals surface area contributed by atoms with Crippen molar-refractivity contribution < 1.29 is 24.2 Å². The van der Waals surface area contributed by atoms with E-state index in [1.54, 1.807) is 0 Å². The van der Waals surface area contributed by atoms with Gasteiger partial charge in [0.1, 0.15) is 17.3 Å². The molecular weight excluding hydrogens is 506 g/mol. The molecule has 3 aliphatic rings. The maximum Gasteiger partial charge on any atom is 0.309 e. The van der Waals surface area contributed by atoms with Gasteiger partial charge in [0, 0.05) is 37.7 Å². The summed E-state index contributed by atoms with van der Waals surface area (Å²) in [6.45, 7) is 10.6. The summed E-state index contributed by atoms with van der Waals surface area (Å²) in [4.78, 5) is 22.1. The molecule has 3 aliphatic heterocycles. The largest absolute Gasteiger partial charge is 0.493 e. The van der Waals surface area contributed by atoms with Crippen LogP contribution in [0.1, 0.15) is 45.6 Å². The number of likely N-dealkylation sites (tertiary alicyclic amines) is 2. The summed E-state index contributed by atoms with van der Waals surface area (Å²) in [6, 6.07) is 11.9. The van der Waals surface area contributed by atoms with Crippen LogP contribution < -0.4 is 9.47 Å². The fourth-order valence-corrected chi connectivity index (χ4v) is 5.75. The fourth-order valence-electron chi connectivity index (χ4n) is 5.63. The van der Waals surface area contributed by atoms with Gasteiger partial charge in [-0.2, -0.15) is 0 Å². The highest BCUT2D eigenvalue weighted by Gasteiger charge is 2.51. The van der Waals surface area contributed by atoms with Crippen molar-refractivity contribution in [3.05, 3.63) is 47.0 Å². The molecule has 2 aromatic carbocycles. The van der Waals surface area contributed by atoms with Gasteiger partial charge in [-0.25, -0.2) is 0 Å². The molecule has 2 fully saturated rings. The van der Waals surface area contributed by atoms with E-state index in [-0.39, 0.29) is 5.60 Å². The van der Waals surface area contributed by atoms with Gasteiger partial charge in [0.25, 0.3) is 0 Å². The van der Waals surface area contributed by atoms with E-state index >= 15 is 0 Å². The van der Waals surface area contributed by atoms with E-state index in [0.717, 1.165) is 60.1 Å². The van der Waals surface area contributed by atoms with Crippen LogP contribution in [0.15, 0.2) is 41.6 Å². The first kappa shape index (κ1) is 26.6. The summed E-state index contributed by atoms with van der Waals surface area (Å²) in [5.74, 6) is 1.83. The van der Waals surface area contributed by atoms with Crippen molar-refractivity contribution in [2.45, 2.75) is 52.2 Å². The minimum atomic E-state index is -0.714. The highest BCUT2D eigenvalue weighted by atomic mass is 35.5. The van der Waals surface area contributed by atoms with Crippen molar-refractivity contribution in [2.75, 3.05) is 39.4 Å². The minimum absolute atomic E-state index is 0.294. The summed E-state index contributed by atoms with van der Waals surface area (Å²) in [7, 11) is 0. The minimum Gasteiger partial charge on any atom is -0.493 e. The molecular formula is C29H36ClN3O5. The van der Waals surface area contributed by atoms with E-state index in [2.05, 4.69) is 27.1 Å². The third-order valence-corrected chi connectivity index (χ3v) is 8.11. The quantitative estimate of drug-likeness (QED) is 0.487. The van der Waals surface area contributed by atoms with Gasteiger partial charge >= 0.3 is 5.97 Å². The number of oxime groups is 1. The molecule has 0 amide bonds.